The molecule has 1 aliphatic rings. The molecule has 0 aliphatic carbocycles. The van der Waals surface area contributed by atoms with E-state index in [1.165, 1.54) is 0 Å². The van der Waals surface area contributed by atoms with E-state index < -0.39 is 42.7 Å². The van der Waals surface area contributed by atoms with Crippen LogP contribution in [0.4, 0.5) is 48.3 Å². The first-order valence-electron chi connectivity index (χ1n) is 11.9. The van der Waals surface area contributed by atoms with E-state index in [0.717, 1.165) is 51.6 Å². The summed E-state index contributed by atoms with van der Waals surface area (Å²) in [6, 6.07) is 0. The number of rotatable bonds is 17. The summed E-state index contributed by atoms with van der Waals surface area (Å²) in [7, 11) is 0. The van der Waals surface area contributed by atoms with Crippen LogP contribution < -0.4 is 0 Å². The molecule has 35 heavy (non-hydrogen) atoms. The molecule has 1 saturated heterocycles. The van der Waals surface area contributed by atoms with Gasteiger partial charge in [-0.3, -0.25) is 0 Å². The molecule has 0 N–H and O–H groups in total. The quantitative estimate of drug-likeness (QED) is 0.136. The summed E-state index contributed by atoms with van der Waals surface area (Å²) in [5.74, 6) is -27.3. The van der Waals surface area contributed by atoms with E-state index in [4.69, 9.17) is 9.47 Å². The lowest BCUT2D eigenvalue weighted by Crippen LogP contribution is -2.66. The van der Waals surface area contributed by atoms with Gasteiger partial charge < -0.3 is 9.47 Å². The zero-order valence-corrected chi connectivity index (χ0v) is 19.4. The Morgan fingerprint density at radius 2 is 1.14 bits per heavy atom. The van der Waals surface area contributed by atoms with Crippen LogP contribution in [0.5, 0.6) is 0 Å². The van der Waals surface area contributed by atoms with Crippen LogP contribution in [0, 0.1) is 0 Å². The molecule has 0 spiro atoms. The Bertz CT molecular complexity index is 588. The van der Waals surface area contributed by atoms with E-state index in [0.29, 0.717) is 32.5 Å². The summed E-state index contributed by atoms with van der Waals surface area (Å²) in [5, 5.41) is 0. The fourth-order valence-corrected chi connectivity index (χ4v) is 3.73. The highest BCUT2D eigenvalue weighted by atomic mass is 19.4. The second-order valence-corrected chi connectivity index (χ2v) is 8.89. The first-order valence-corrected chi connectivity index (χ1v) is 11.9. The van der Waals surface area contributed by atoms with Gasteiger partial charge in [-0.25, -0.2) is 0 Å². The van der Waals surface area contributed by atoms with Gasteiger partial charge in [-0.1, -0.05) is 38.5 Å². The summed E-state index contributed by atoms with van der Waals surface area (Å²) in [6.45, 7) is 2.00. The highest BCUT2D eigenvalue weighted by Crippen LogP contribution is 2.58. The average Bonchev–Trinajstić information content (AvgIpc) is 2.76. The summed E-state index contributed by atoms with van der Waals surface area (Å²) in [5.41, 5.74) is 0. The van der Waals surface area contributed by atoms with Gasteiger partial charge in [0, 0.05) is 26.2 Å². The molecule has 1 rings (SSSR count). The minimum Gasteiger partial charge on any atom is -0.381 e. The maximum atomic E-state index is 13.6. The topological polar surface area (TPSA) is 18.5 Å². The van der Waals surface area contributed by atoms with Crippen LogP contribution in [0.1, 0.15) is 83.5 Å². The Balaban J connectivity index is 2.17. The Hall–Kier alpha value is -0.850. The average molecular weight is 538 g/mol. The fraction of sp³-hybridized carbons (Fsp3) is 1.00. The number of halogens is 11. The van der Waals surface area contributed by atoms with E-state index in [2.05, 4.69) is 0 Å². The van der Waals surface area contributed by atoms with Gasteiger partial charge in [-0.15, -0.1) is 0 Å². The molecular formula is C22H33F11O2. The normalized spacial score (nSPS) is 18.8. The van der Waals surface area contributed by atoms with Crippen molar-refractivity contribution < 1.29 is 57.8 Å². The van der Waals surface area contributed by atoms with Crippen LogP contribution >= 0.6 is 0 Å². The van der Waals surface area contributed by atoms with Crippen molar-refractivity contribution in [3.05, 3.63) is 0 Å². The van der Waals surface area contributed by atoms with Crippen molar-refractivity contribution in [2.45, 2.75) is 119 Å². The smallest absolute Gasteiger partial charge is 0.381 e. The Morgan fingerprint density at radius 1 is 0.600 bits per heavy atom. The van der Waals surface area contributed by atoms with Gasteiger partial charge in [0.2, 0.25) is 0 Å². The molecule has 1 atom stereocenters. The summed E-state index contributed by atoms with van der Waals surface area (Å²) >= 11 is 0. The van der Waals surface area contributed by atoms with Gasteiger partial charge >= 0.3 is 29.9 Å². The maximum Gasteiger partial charge on any atom is 0.460 e. The molecule has 2 nitrogen and oxygen atoms in total. The number of unbranched alkanes of at least 4 members (excludes halogenated alkanes) is 7. The number of hydrogen-bond donors (Lipinski definition) is 0. The Labute approximate surface area is 197 Å². The molecule has 0 saturated carbocycles. The number of hydrogen-bond acceptors (Lipinski definition) is 2. The van der Waals surface area contributed by atoms with Crippen LogP contribution in [0.25, 0.3) is 0 Å². The number of alkyl halides is 11. The van der Waals surface area contributed by atoms with E-state index in [9.17, 15) is 48.3 Å². The van der Waals surface area contributed by atoms with Crippen LogP contribution in [0.3, 0.4) is 0 Å². The first kappa shape index (κ1) is 32.2. The molecule has 0 aromatic carbocycles. The molecule has 0 bridgehead atoms. The minimum absolute atomic E-state index is 0.0841. The maximum absolute atomic E-state index is 13.6. The second kappa shape index (κ2) is 13.6. The lowest BCUT2D eigenvalue weighted by atomic mass is 9.94. The first-order chi connectivity index (χ1) is 16.1. The van der Waals surface area contributed by atoms with Gasteiger partial charge in [0.25, 0.3) is 0 Å². The van der Waals surface area contributed by atoms with Crippen LogP contribution in [0.2, 0.25) is 0 Å². The van der Waals surface area contributed by atoms with E-state index in [1.54, 1.807) is 0 Å². The molecule has 13 heteroatoms. The molecule has 1 aliphatic heterocycles. The van der Waals surface area contributed by atoms with Gasteiger partial charge in [0.15, 0.2) is 0 Å². The third-order valence-corrected chi connectivity index (χ3v) is 5.99. The monoisotopic (exact) mass is 538 g/mol. The molecule has 0 aromatic rings. The third-order valence-electron chi connectivity index (χ3n) is 5.99. The van der Waals surface area contributed by atoms with Crippen molar-refractivity contribution >= 4 is 0 Å². The fourth-order valence-electron chi connectivity index (χ4n) is 3.73. The molecule has 0 amide bonds. The molecule has 1 unspecified atom stereocenters. The van der Waals surface area contributed by atoms with Gasteiger partial charge in [-0.05, 0) is 38.5 Å². The second-order valence-electron chi connectivity index (χ2n) is 8.89. The van der Waals surface area contributed by atoms with E-state index in [-0.39, 0.29) is 12.5 Å². The predicted molar refractivity (Wildman–Crippen MR) is 106 cm³/mol. The van der Waals surface area contributed by atoms with E-state index >= 15 is 0 Å². The molecule has 1 fully saturated rings. The van der Waals surface area contributed by atoms with Crippen molar-refractivity contribution in [1.82, 2.24) is 0 Å². The van der Waals surface area contributed by atoms with Gasteiger partial charge in [0.1, 0.15) is 0 Å². The van der Waals surface area contributed by atoms with Crippen LogP contribution in [-0.2, 0) is 9.47 Å². The molecule has 1 heterocycles. The zero-order chi connectivity index (χ0) is 26.8. The Kier molecular flexibility index (Phi) is 12.5. The SMILES string of the molecule is FC(F)(F)C(F)(F)C(F)(F)C(F)(F)C(F)(F)CCCCCCCCCCOCCC1CCCCO1. The number of ether oxygens (including phenoxy) is 2. The highest BCUT2D eigenvalue weighted by molar-refractivity contribution is 5.06. The third kappa shape index (κ3) is 8.89. The Morgan fingerprint density at radius 3 is 1.66 bits per heavy atom. The highest BCUT2D eigenvalue weighted by Gasteiger charge is 2.86. The molecule has 210 valence electrons. The van der Waals surface area contributed by atoms with E-state index in [1.807, 2.05) is 0 Å². The minimum atomic E-state index is -7.32. The molecule has 0 radical (unpaired) electrons. The summed E-state index contributed by atoms with van der Waals surface area (Å²) in [4.78, 5) is 0. The zero-order valence-electron chi connectivity index (χ0n) is 19.4. The van der Waals surface area contributed by atoms with Crippen molar-refractivity contribution in [2.75, 3.05) is 19.8 Å². The van der Waals surface area contributed by atoms with Gasteiger partial charge in [0.05, 0.1) is 6.10 Å². The summed E-state index contributed by atoms with van der Waals surface area (Å²) < 4.78 is 153. The van der Waals surface area contributed by atoms with Crippen LogP contribution in [0.15, 0.2) is 0 Å². The van der Waals surface area contributed by atoms with Crippen molar-refractivity contribution in [2.24, 2.45) is 0 Å². The largest absolute Gasteiger partial charge is 0.460 e. The lowest BCUT2D eigenvalue weighted by Gasteiger charge is -2.37. The summed E-state index contributed by atoms with van der Waals surface area (Å²) in [6.07, 6.45) is -1.42. The molecule has 0 aromatic heterocycles. The molecular weight excluding hydrogens is 505 g/mol. The standard InChI is InChI=1S/C22H33F11O2/c23-18(24,19(25,26)20(27,28)21(29,30)22(31,32)33)13-8-5-3-1-2-4-6-9-14-34-16-12-17-11-7-10-15-35-17/h17H,1-16H2. The van der Waals surface area contributed by atoms with Gasteiger partial charge in [-0.2, -0.15) is 48.3 Å². The van der Waals surface area contributed by atoms with Crippen LogP contribution in [-0.4, -0.2) is 55.8 Å². The predicted octanol–water partition coefficient (Wildman–Crippen LogP) is 8.58. The lowest BCUT2D eigenvalue weighted by molar-refractivity contribution is -0.422. The van der Waals surface area contributed by atoms with Crippen molar-refractivity contribution in [1.29, 1.82) is 0 Å². The van der Waals surface area contributed by atoms with Crippen molar-refractivity contribution in [3.63, 3.8) is 0 Å². The van der Waals surface area contributed by atoms with Crippen molar-refractivity contribution in [3.8, 4) is 0 Å².